The maximum absolute atomic E-state index is 10.3. The molecule has 0 saturated heterocycles. The number of aliphatic hydroxyl groups excluding tert-OH is 1. The van der Waals surface area contributed by atoms with E-state index >= 15 is 0 Å². The van der Waals surface area contributed by atoms with Crippen molar-refractivity contribution in [2.24, 2.45) is 0 Å². The van der Waals surface area contributed by atoms with Crippen molar-refractivity contribution in [2.45, 2.75) is 58.1 Å². The highest BCUT2D eigenvalue weighted by atomic mass is 16.4. The Hall–Kier alpha value is -0.610. The number of carboxylic acids is 1. The number of unbranched alkanes of at least 4 members (excludes halogenated alkanes) is 2. The Balaban J connectivity index is 3.43. The minimum atomic E-state index is -0.956. The Morgan fingerprint density at radius 3 is 2.60 bits per heavy atom. The molecule has 0 spiro atoms. The lowest BCUT2D eigenvalue weighted by molar-refractivity contribution is -0.139. The molecule has 0 heterocycles. The van der Waals surface area contributed by atoms with Crippen molar-refractivity contribution < 1.29 is 15.0 Å². The summed E-state index contributed by atoms with van der Waals surface area (Å²) in [4.78, 5) is 10.3. The molecule has 0 aliphatic rings. The first-order chi connectivity index (χ1) is 7.06. The molecule has 2 atom stereocenters. The van der Waals surface area contributed by atoms with E-state index in [0.717, 1.165) is 6.42 Å². The molecule has 2 unspecified atom stereocenters. The minimum absolute atomic E-state index is 0.186. The number of carbonyl (C=O) groups is 1. The first kappa shape index (κ1) is 14.4. The Morgan fingerprint density at radius 2 is 2.07 bits per heavy atom. The van der Waals surface area contributed by atoms with Gasteiger partial charge in [-0.15, -0.1) is 0 Å². The molecule has 0 rings (SSSR count). The summed E-state index contributed by atoms with van der Waals surface area (Å²) in [5.41, 5.74) is 0. The second kappa shape index (κ2) is 8.68. The molecule has 0 radical (unpaired) electrons. The summed E-state index contributed by atoms with van der Waals surface area (Å²) < 4.78 is 0. The van der Waals surface area contributed by atoms with Gasteiger partial charge in [0, 0.05) is 12.6 Å². The van der Waals surface area contributed by atoms with E-state index in [-0.39, 0.29) is 6.42 Å². The van der Waals surface area contributed by atoms with Gasteiger partial charge in [-0.25, -0.2) is 0 Å². The summed E-state index contributed by atoms with van der Waals surface area (Å²) in [7, 11) is 0. The van der Waals surface area contributed by atoms with E-state index in [1.54, 1.807) is 0 Å². The van der Waals surface area contributed by atoms with Crippen LogP contribution in [0.1, 0.15) is 46.0 Å². The van der Waals surface area contributed by atoms with E-state index in [9.17, 15) is 9.90 Å². The van der Waals surface area contributed by atoms with Gasteiger partial charge in [0.15, 0.2) is 0 Å². The molecule has 0 aromatic heterocycles. The zero-order valence-electron chi connectivity index (χ0n) is 9.70. The van der Waals surface area contributed by atoms with E-state index < -0.39 is 12.1 Å². The third-order valence-electron chi connectivity index (χ3n) is 2.35. The fraction of sp³-hybridized carbons (Fsp3) is 0.909. The normalized spacial score (nSPS) is 14.9. The SMILES string of the molecule is CCCCCC(C)NCC(O)CC(=O)O. The molecule has 0 aliphatic carbocycles. The van der Waals surface area contributed by atoms with Gasteiger partial charge in [0.1, 0.15) is 0 Å². The molecule has 0 aromatic rings. The van der Waals surface area contributed by atoms with Gasteiger partial charge in [0.2, 0.25) is 0 Å². The Kier molecular flexibility index (Phi) is 8.33. The topological polar surface area (TPSA) is 69.6 Å². The monoisotopic (exact) mass is 217 g/mol. The van der Waals surface area contributed by atoms with Crippen LogP contribution in [0.2, 0.25) is 0 Å². The lowest BCUT2D eigenvalue weighted by Crippen LogP contribution is -2.34. The van der Waals surface area contributed by atoms with Crippen molar-refractivity contribution in [1.29, 1.82) is 0 Å². The third kappa shape index (κ3) is 9.69. The van der Waals surface area contributed by atoms with Crippen LogP contribution in [0.5, 0.6) is 0 Å². The number of hydrogen-bond donors (Lipinski definition) is 3. The highest BCUT2D eigenvalue weighted by molar-refractivity contribution is 5.67. The van der Waals surface area contributed by atoms with Crippen molar-refractivity contribution in [1.82, 2.24) is 5.32 Å². The van der Waals surface area contributed by atoms with Crippen LogP contribution < -0.4 is 5.32 Å². The van der Waals surface area contributed by atoms with Gasteiger partial charge in [0.25, 0.3) is 0 Å². The van der Waals surface area contributed by atoms with Crippen LogP contribution in [-0.4, -0.2) is 34.9 Å². The molecule has 0 saturated carbocycles. The summed E-state index contributed by atoms with van der Waals surface area (Å²) in [6.07, 6.45) is 3.72. The minimum Gasteiger partial charge on any atom is -0.481 e. The molecule has 4 nitrogen and oxygen atoms in total. The van der Waals surface area contributed by atoms with Crippen LogP contribution in [0, 0.1) is 0 Å². The fourth-order valence-corrected chi connectivity index (χ4v) is 1.41. The first-order valence-corrected chi connectivity index (χ1v) is 5.69. The zero-order chi connectivity index (χ0) is 11.7. The highest BCUT2D eigenvalue weighted by Crippen LogP contribution is 2.03. The molecule has 0 amide bonds. The molecular weight excluding hydrogens is 194 g/mol. The molecule has 0 aromatic carbocycles. The Labute approximate surface area is 91.7 Å². The maximum atomic E-state index is 10.3. The average molecular weight is 217 g/mol. The van der Waals surface area contributed by atoms with Gasteiger partial charge in [-0.05, 0) is 13.3 Å². The van der Waals surface area contributed by atoms with Gasteiger partial charge < -0.3 is 15.5 Å². The Morgan fingerprint density at radius 1 is 1.40 bits per heavy atom. The van der Waals surface area contributed by atoms with Crippen molar-refractivity contribution in [3.8, 4) is 0 Å². The van der Waals surface area contributed by atoms with Crippen molar-refractivity contribution in [2.75, 3.05) is 6.54 Å². The van der Waals surface area contributed by atoms with Crippen LogP contribution >= 0.6 is 0 Å². The average Bonchev–Trinajstić information content (AvgIpc) is 2.14. The molecule has 0 aliphatic heterocycles. The zero-order valence-corrected chi connectivity index (χ0v) is 9.70. The standard InChI is InChI=1S/C11H23NO3/c1-3-4-5-6-9(2)12-8-10(13)7-11(14)15/h9-10,12-13H,3-8H2,1-2H3,(H,14,15). The predicted molar refractivity (Wildman–Crippen MR) is 59.9 cm³/mol. The van der Waals surface area contributed by atoms with Crippen molar-refractivity contribution in [3.05, 3.63) is 0 Å². The molecule has 15 heavy (non-hydrogen) atoms. The summed E-state index contributed by atoms with van der Waals surface area (Å²) >= 11 is 0. The third-order valence-corrected chi connectivity index (χ3v) is 2.35. The second-order valence-electron chi connectivity index (χ2n) is 4.06. The smallest absolute Gasteiger partial charge is 0.306 e. The largest absolute Gasteiger partial charge is 0.481 e. The predicted octanol–water partition coefficient (Wildman–Crippen LogP) is 1.38. The van der Waals surface area contributed by atoms with Gasteiger partial charge in [-0.2, -0.15) is 0 Å². The lowest BCUT2D eigenvalue weighted by Gasteiger charge is -2.15. The maximum Gasteiger partial charge on any atom is 0.306 e. The van der Waals surface area contributed by atoms with Crippen LogP contribution in [0.3, 0.4) is 0 Å². The molecule has 3 N–H and O–H groups in total. The van der Waals surface area contributed by atoms with E-state index in [0.29, 0.717) is 12.6 Å². The summed E-state index contributed by atoms with van der Waals surface area (Å²) in [6, 6.07) is 0.347. The Bertz CT molecular complexity index is 173. The van der Waals surface area contributed by atoms with Gasteiger partial charge >= 0.3 is 5.97 Å². The van der Waals surface area contributed by atoms with E-state index in [4.69, 9.17) is 5.11 Å². The van der Waals surface area contributed by atoms with Crippen molar-refractivity contribution >= 4 is 5.97 Å². The van der Waals surface area contributed by atoms with Crippen LogP contribution in [0.4, 0.5) is 0 Å². The second-order valence-corrected chi connectivity index (χ2v) is 4.06. The first-order valence-electron chi connectivity index (χ1n) is 5.69. The van der Waals surface area contributed by atoms with Crippen LogP contribution in [-0.2, 0) is 4.79 Å². The summed E-state index contributed by atoms with van der Waals surface area (Å²) in [5, 5.41) is 20.9. The molecule has 0 fully saturated rings. The fourth-order valence-electron chi connectivity index (χ4n) is 1.41. The van der Waals surface area contributed by atoms with E-state index in [1.807, 2.05) is 0 Å². The summed E-state index contributed by atoms with van der Waals surface area (Å²) in [6.45, 7) is 4.58. The van der Waals surface area contributed by atoms with Gasteiger partial charge in [-0.1, -0.05) is 26.2 Å². The lowest BCUT2D eigenvalue weighted by atomic mass is 10.1. The number of aliphatic hydroxyl groups is 1. The van der Waals surface area contributed by atoms with Crippen LogP contribution in [0.25, 0.3) is 0 Å². The molecular formula is C11H23NO3. The number of hydrogen-bond acceptors (Lipinski definition) is 3. The molecule has 4 heteroatoms. The van der Waals surface area contributed by atoms with E-state index in [1.165, 1.54) is 19.3 Å². The number of aliphatic carboxylic acids is 1. The number of nitrogens with one attached hydrogen (secondary N) is 1. The van der Waals surface area contributed by atoms with Gasteiger partial charge in [-0.3, -0.25) is 4.79 Å². The summed E-state index contributed by atoms with van der Waals surface area (Å²) in [5.74, 6) is -0.956. The van der Waals surface area contributed by atoms with Crippen LogP contribution in [0.15, 0.2) is 0 Å². The highest BCUT2D eigenvalue weighted by Gasteiger charge is 2.10. The quantitative estimate of drug-likeness (QED) is 0.510. The molecule has 90 valence electrons. The number of carboxylic acid groups (broad SMARTS) is 1. The van der Waals surface area contributed by atoms with E-state index in [2.05, 4.69) is 19.2 Å². The number of rotatable bonds is 9. The molecule has 0 bridgehead atoms. The van der Waals surface area contributed by atoms with Crippen molar-refractivity contribution in [3.63, 3.8) is 0 Å². The van der Waals surface area contributed by atoms with Gasteiger partial charge in [0.05, 0.1) is 12.5 Å².